The number of hydrogen-bond donors (Lipinski definition) is 1. The number of amides is 1. The Hall–Kier alpha value is -2.01. The molecular formula is C24H30N4O3S3. The van der Waals surface area contributed by atoms with Gasteiger partial charge in [-0.1, -0.05) is 32.5 Å². The van der Waals surface area contributed by atoms with Crippen LogP contribution in [0.1, 0.15) is 37.6 Å². The van der Waals surface area contributed by atoms with Crippen molar-refractivity contribution in [2.45, 2.75) is 50.0 Å². The topological polar surface area (TPSA) is 92.3 Å². The zero-order chi connectivity index (χ0) is 24.7. The summed E-state index contributed by atoms with van der Waals surface area (Å²) < 4.78 is 25.6. The molecule has 1 aliphatic carbocycles. The number of nitrogens with one attached hydrogen (secondary N) is 1. The second-order valence-corrected chi connectivity index (χ2v) is 14.0. The molecule has 7 nitrogen and oxygen atoms in total. The van der Waals surface area contributed by atoms with E-state index >= 15 is 0 Å². The molecule has 0 aliphatic heterocycles. The van der Waals surface area contributed by atoms with E-state index in [1.807, 2.05) is 0 Å². The van der Waals surface area contributed by atoms with E-state index in [4.69, 9.17) is 0 Å². The van der Waals surface area contributed by atoms with E-state index in [2.05, 4.69) is 36.1 Å². The molecule has 2 aromatic heterocycles. The van der Waals surface area contributed by atoms with E-state index in [0.717, 1.165) is 38.8 Å². The van der Waals surface area contributed by atoms with Gasteiger partial charge in [0.05, 0.1) is 10.6 Å². The Bertz CT molecular complexity index is 1310. The Balaban J connectivity index is 1.45. The average molecular weight is 519 g/mol. The minimum Gasteiger partial charge on any atom is -0.325 e. The van der Waals surface area contributed by atoms with Gasteiger partial charge in [0.1, 0.15) is 16.2 Å². The van der Waals surface area contributed by atoms with E-state index in [9.17, 15) is 13.2 Å². The summed E-state index contributed by atoms with van der Waals surface area (Å²) >= 11 is 3.17. The van der Waals surface area contributed by atoms with E-state index in [1.165, 1.54) is 48.4 Å². The van der Waals surface area contributed by atoms with Crippen molar-refractivity contribution in [3.63, 3.8) is 0 Å². The second kappa shape index (κ2) is 9.56. The summed E-state index contributed by atoms with van der Waals surface area (Å²) in [4.78, 5) is 24.2. The van der Waals surface area contributed by atoms with Gasteiger partial charge >= 0.3 is 0 Å². The molecule has 1 aliphatic rings. The van der Waals surface area contributed by atoms with Crippen molar-refractivity contribution in [3.05, 3.63) is 41.0 Å². The highest BCUT2D eigenvalue weighted by atomic mass is 32.2. The zero-order valence-electron chi connectivity index (χ0n) is 20.1. The van der Waals surface area contributed by atoms with Crippen molar-refractivity contribution in [2.75, 3.05) is 25.2 Å². The quantitative estimate of drug-likeness (QED) is 0.371. The number of anilines is 1. The van der Waals surface area contributed by atoms with E-state index in [1.54, 1.807) is 29.8 Å². The van der Waals surface area contributed by atoms with Crippen molar-refractivity contribution in [2.24, 2.45) is 11.3 Å². The average Bonchev–Trinajstić information content (AvgIpc) is 3.16. The number of thiophene rings is 1. The molecule has 10 heteroatoms. The standard InChI is InChI=1S/C24H30N4O3S3/c1-24(2,3)15-6-11-18-19(12-15)33-23-21(18)22(25-14-26-23)32-13-20(29)27-16-7-9-17(10-8-16)34(30,31)28(4)5/h7-10,14-15H,6,11-13H2,1-5H3,(H,27,29)/t15-/m0/s1. The third-order valence-electron chi connectivity index (χ3n) is 6.29. The lowest BCUT2D eigenvalue weighted by molar-refractivity contribution is -0.113. The van der Waals surface area contributed by atoms with Crippen LogP contribution in [0.25, 0.3) is 10.2 Å². The van der Waals surface area contributed by atoms with Crippen LogP contribution in [0.5, 0.6) is 0 Å². The summed E-state index contributed by atoms with van der Waals surface area (Å²) in [6.07, 6.45) is 4.83. The molecule has 0 saturated carbocycles. The number of hydrogen-bond acceptors (Lipinski definition) is 7. The van der Waals surface area contributed by atoms with Crippen molar-refractivity contribution >= 4 is 54.9 Å². The predicted molar refractivity (Wildman–Crippen MR) is 139 cm³/mol. The summed E-state index contributed by atoms with van der Waals surface area (Å²) in [7, 11) is -0.528. The number of thioether (sulfide) groups is 1. The maximum atomic E-state index is 12.6. The molecule has 0 bridgehead atoms. The lowest BCUT2D eigenvalue weighted by Crippen LogP contribution is -2.26. The van der Waals surface area contributed by atoms with Gasteiger partial charge in [-0.3, -0.25) is 4.79 Å². The van der Waals surface area contributed by atoms with Gasteiger partial charge in [-0.2, -0.15) is 0 Å². The number of rotatable bonds is 6. The molecular weight excluding hydrogens is 488 g/mol. The minimum atomic E-state index is -3.50. The van der Waals surface area contributed by atoms with Gasteiger partial charge in [-0.15, -0.1) is 11.3 Å². The molecule has 0 radical (unpaired) electrons. The van der Waals surface area contributed by atoms with Crippen LogP contribution in [0.15, 0.2) is 40.5 Å². The second-order valence-electron chi connectivity index (χ2n) is 9.82. The Morgan fingerprint density at radius 2 is 1.91 bits per heavy atom. The first-order valence-electron chi connectivity index (χ1n) is 11.2. The number of aromatic nitrogens is 2. The first kappa shape index (κ1) is 25.1. The number of sulfonamides is 1. The van der Waals surface area contributed by atoms with E-state index in [-0.39, 0.29) is 22.0 Å². The molecule has 182 valence electrons. The summed E-state index contributed by atoms with van der Waals surface area (Å²) in [5.74, 6) is 0.693. The smallest absolute Gasteiger partial charge is 0.242 e. The van der Waals surface area contributed by atoms with E-state index in [0.29, 0.717) is 11.6 Å². The van der Waals surface area contributed by atoms with Crippen LogP contribution in [0.3, 0.4) is 0 Å². The number of aryl methyl sites for hydroxylation is 1. The summed E-state index contributed by atoms with van der Waals surface area (Å²) in [6, 6.07) is 6.19. The molecule has 2 heterocycles. The largest absolute Gasteiger partial charge is 0.325 e. The Labute approximate surface area is 209 Å². The summed E-state index contributed by atoms with van der Waals surface area (Å²) in [5.41, 5.74) is 2.18. The minimum absolute atomic E-state index is 0.170. The number of carbonyl (C=O) groups excluding carboxylic acids is 1. The molecule has 4 rings (SSSR count). The lowest BCUT2D eigenvalue weighted by atomic mass is 9.72. The van der Waals surface area contributed by atoms with Crippen molar-refractivity contribution < 1.29 is 13.2 Å². The maximum absolute atomic E-state index is 12.6. The number of nitrogens with zero attached hydrogens (tertiary/aromatic N) is 3. The molecule has 3 aromatic rings. The highest BCUT2D eigenvalue weighted by Crippen LogP contribution is 2.44. The SMILES string of the molecule is CN(C)S(=O)(=O)c1ccc(NC(=O)CSc2ncnc3sc4c(c23)CC[C@H](C(C)(C)C)C4)cc1. The number of benzene rings is 1. The maximum Gasteiger partial charge on any atom is 0.242 e. The van der Waals surface area contributed by atoms with Crippen LogP contribution in [0.2, 0.25) is 0 Å². The lowest BCUT2D eigenvalue weighted by Gasteiger charge is -2.33. The van der Waals surface area contributed by atoms with Crippen molar-refractivity contribution in [1.29, 1.82) is 0 Å². The molecule has 1 N–H and O–H groups in total. The number of fused-ring (bicyclic) bond motifs is 3. The van der Waals surface area contributed by atoms with Gasteiger partial charge < -0.3 is 5.32 Å². The Morgan fingerprint density at radius 3 is 2.56 bits per heavy atom. The van der Waals surface area contributed by atoms with Gasteiger partial charge in [-0.25, -0.2) is 22.7 Å². The van der Waals surface area contributed by atoms with Gasteiger partial charge in [0.15, 0.2) is 0 Å². The molecule has 0 unspecified atom stereocenters. The van der Waals surface area contributed by atoms with E-state index < -0.39 is 10.0 Å². The Morgan fingerprint density at radius 1 is 1.21 bits per heavy atom. The molecule has 34 heavy (non-hydrogen) atoms. The highest BCUT2D eigenvalue weighted by Gasteiger charge is 2.31. The third-order valence-corrected chi connectivity index (χ3v) is 10.3. The van der Waals surface area contributed by atoms with Crippen LogP contribution >= 0.6 is 23.1 Å². The fourth-order valence-electron chi connectivity index (χ4n) is 4.18. The zero-order valence-corrected chi connectivity index (χ0v) is 22.5. The monoisotopic (exact) mass is 518 g/mol. The molecule has 1 amide bonds. The summed E-state index contributed by atoms with van der Waals surface area (Å²) in [6.45, 7) is 6.93. The molecule has 0 fully saturated rings. The Kier molecular flexibility index (Phi) is 7.06. The van der Waals surface area contributed by atoms with Gasteiger partial charge in [-0.05, 0) is 60.4 Å². The first-order valence-corrected chi connectivity index (χ1v) is 14.4. The summed E-state index contributed by atoms with van der Waals surface area (Å²) in [5, 5.41) is 4.79. The van der Waals surface area contributed by atoms with Crippen LogP contribution < -0.4 is 5.32 Å². The van der Waals surface area contributed by atoms with Crippen molar-refractivity contribution in [3.8, 4) is 0 Å². The third kappa shape index (κ3) is 5.15. The van der Waals surface area contributed by atoms with Gasteiger partial charge in [0.25, 0.3) is 0 Å². The van der Waals surface area contributed by atoms with Gasteiger partial charge in [0, 0.05) is 30.0 Å². The molecule has 1 atom stereocenters. The van der Waals surface area contributed by atoms with Gasteiger partial charge in [0.2, 0.25) is 15.9 Å². The van der Waals surface area contributed by atoms with Crippen LogP contribution in [-0.2, 0) is 27.7 Å². The highest BCUT2D eigenvalue weighted by molar-refractivity contribution is 8.00. The fraction of sp³-hybridized carbons (Fsp3) is 0.458. The molecule has 0 spiro atoms. The van der Waals surface area contributed by atoms with Crippen LogP contribution in [0.4, 0.5) is 5.69 Å². The fourth-order valence-corrected chi connectivity index (χ4v) is 7.24. The first-order chi connectivity index (χ1) is 16.0. The molecule has 0 saturated heterocycles. The van der Waals surface area contributed by atoms with Crippen LogP contribution in [-0.4, -0.2) is 48.4 Å². The van der Waals surface area contributed by atoms with Crippen molar-refractivity contribution in [1.82, 2.24) is 14.3 Å². The predicted octanol–water partition coefficient (Wildman–Crippen LogP) is 4.82. The normalized spacial score (nSPS) is 16.6. The number of carbonyl (C=O) groups is 1. The van der Waals surface area contributed by atoms with Crippen LogP contribution in [0, 0.1) is 11.3 Å². The molecule has 1 aromatic carbocycles.